The second-order valence-electron chi connectivity index (χ2n) is 7.13. The molecule has 2 aromatic carbocycles. The molecular weight excluding hydrogens is 404 g/mol. The Balaban J connectivity index is 2.00. The van der Waals surface area contributed by atoms with Gasteiger partial charge < -0.3 is 14.8 Å². The van der Waals surface area contributed by atoms with Crippen molar-refractivity contribution in [3.8, 4) is 11.5 Å². The second kappa shape index (κ2) is 11.0. The monoisotopic (exact) mass is 434 g/mol. The number of carbonyl (C=O) groups excluding carboxylic acids is 1. The smallest absolute Gasteiger partial charge is 0.255 e. The Hall–Kier alpha value is -2.58. The molecule has 2 N–H and O–H groups in total. The summed E-state index contributed by atoms with van der Waals surface area (Å²) in [6.07, 6.45) is 2.09. The highest BCUT2D eigenvalue weighted by Crippen LogP contribution is 2.22. The zero-order valence-electron chi connectivity index (χ0n) is 17.9. The van der Waals surface area contributed by atoms with Crippen LogP contribution in [0.4, 0.5) is 0 Å². The summed E-state index contributed by atoms with van der Waals surface area (Å²) in [4.78, 5) is 12.4. The van der Waals surface area contributed by atoms with E-state index >= 15 is 0 Å². The summed E-state index contributed by atoms with van der Waals surface area (Å²) < 4.78 is 38.5. The summed E-state index contributed by atoms with van der Waals surface area (Å²) >= 11 is 0. The molecule has 0 atom stereocenters. The van der Waals surface area contributed by atoms with Crippen molar-refractivity contribution in [3.63, 3.8) is 0 Å². The number of hydrogen-bond donors (Lipinski definition) is 2. The predicted molar refractivity (Wildman–Crippen MR) is 117 cm³/mol. The van der Waals surface area contributed by atoms with Gasteiger partial charge in [-0.15, -0.1) is 0 Å². The van der Waals surface area contributed by atoms with Crippen LogP contribution in [-0.4, -0.2) is 40.6 Å². The van der Waals surface area contributed by atoms with Gasteiger partial charge in [-0.25, -0.2) is 13.1 Å². The summed E-state index contributed by atoms with van der Waals surface area (Å²) in [5.41, 5.74) is 1.40. The Labute approximate surface area is 178 Å². The van der Waals surface area contributed by atoms with Crippen molar-refractivity contribution in [2.45, 2.75) is 44.6 Å². The standard InChI is InChI=1S/C22H30N2O5S/c1-5-6-17-7-9-18(10-8-17)29-14-13-23-30(26,27)19-11-12-21(28-4)20(15-19)22(25)24-16(2)3/h7-12,15-16,23H,5-6,13-14H2,1-4H3,(H,24,25). The first-order valence-corrected chi connectivity index (χ1v) is 11.5. The van der Waals surface area contributed by atoms with Crippen molar-refractivity contribution in [3.05, 3.63) is 53.6 Å². The number of benzene rings is 2. The van der Waals surface area contributed by atoms with Crippen LogP contribution < -0.4 is 19.5 Å². The number of sulfonamides is 1. The van der Waals surface area contributed by atoms with Crippen LogP contribution in [0.2, 0.25) is 0 Å². The Kier molecular flexibility index (Phi) is 8.68. The van der Waals surface area contributed by atoms with E-state index in [1.54, 1.807) is 0 Å². The van der Waals surface area contributed by atoms with Gasteiger partial charge >= 0.3 is 0 Å². The maximum absolute atomic E-state index is 12.6. The van der Waals surface area contributed by atoms with Crippen molar-refractivity contribution in [1.29, 1.82) is 0 Å². The Morgan fingerprint density at radius 2 is 1.80 bits per heavy atom. The molecule has 0 aliphatic heterocycles. The van der Waals surface area contributed by atoms with Gasteiger partial charge in [0.05, 0.1) is 17.6 Å². The summed E-state index contributed by atoms with van der Waals surface area (Å²) in [6, 6.07) is 11.9. The fourth-order valence-corrected chi connectivity index (χ4v) is 3.88. The van der Waals surface area contributed by atoms with E-state index in [1.165, 1.54) is 30.9 Å². The summed E-state index contributed by atoms with van der Waals surface area (Å²) in [5, 5.41) is 2.74. The van der Waals surface area contributed by atoms with E-state index in [2.05, 4.69) is 17.0 Å². The SMILES string of the molecule is CCCc1ccc(OCCNS(=O)(=O)c2ccc(OC)c(C(=O)NC(C)C)c2)cc1. The summed E-state index contributed by atoms with van der Waals surface area (Å²) in [6.45, 7) is 6.05. The fourth-order valence-electron chi connectivity index (χ4n) is 2.84. The zero-order chi connectivity index (χ0) is 22.1. The molecule has 0 fully saturated rings. The molecule has 1 amide bonds. The van der Waals surface area contributed by atoms with Crippen molar-refractivity contribution in [2.24, 2.45) is 0 Å². The first kappa shape index (κ1) is 23.7. The third kappa shape index (κ3) is 6.74. The van der Waals surface area contributed by atoms with Crippen LogP contribution in [0, 0.1) is 0 Å². The lowest BCUT2D eigenvalue weighted by Gasteiger charge is -2.14. The van der Waals surface area contributed by atoms with Crippen LogP contribution in [0.5, 0.6) is 11.5 Å². The number of ether oxygens (including phenoxy) is 2. The van der Waals surface area contributed by atoms with Crippen molar-refractivity contribution < 1.29 is 22.7 Å². The van der Waals surface area contributed by atoms with Gasteiger partial charge in [0.25, 0.3) is 5.91 Å². The maximum atomic E-state index is 12.6. The number of aryl methyl sites for hydroxylation is 1. The van der Waals surface area contributed by atoms with Gasteiger partial charge in [-0.3, -0.25) is 4.79 Å². The van der Waals surface area contributed by atoms with E-state index in [0.29, 0.717) is 11.5 Å². The molecule has 0 saturated carbocycles. The lowest BCUT2D eigenvalue weighted by molar-refractivity contribution is 0.0940. The molecule has 2 aromatic rings. The fraction of sp³-hybridized carbons (Fsp3) is 0.409. The zero-order valence-corrected chi connectivity index (χ0v) is 18.7. The molecule has 0 aliphatic rings. The average Bonchev–Trinajstić information content (AvgIpc) is 2.71. The van der Waals surface area contributed by atoms with Crippen LogP contribution in [-0.2, 0) is 16.4 Å². The molecule has 0 unspecified atom stereocenters. The first-order valence-electron chi connectivity index (χ1n) is 9.97. The third-order valence-corrected chi connectivity index (χ3v) is 5.73. The number of hydrogen-bond acceptors (Lipinski definition) is 5. The quantitative estimate of drug-likeness (QED) is 0.530. The van der Waals surface area contributed by atoms with Crippen LogP contribution in [0.1, 0.15) is 43.1 Å². The van der Waals surface area contributed by atoms with E-state index < -0.39 is 15.9 Å². The van der Waals surface area contributed by atoms with Gasteiger partial charge in [-0.2, -0.15) is 0 Å². The van der Waals surface area contributed by atoms with Crippen molar-refractivity contribution in [2.75, 3.05) is 20.3 Å². The highest BCUT2D eigenvalue weighted by atomic mass is 32.2. The topological polar surface area (TPSA) is 93.7 Å². The second-order valence-corrected chi connectivity index (χ2v) is 8.90. The molecule has 7 nitrogen and oxygen atoms in total. The largest absolute Gasteiger partial charge is 0.496 e. The molecule has 0 radical (unpaired) electrons. The first-order chi connectivity index (χ1) is 14.3. The Morgan fingerprint density at radius 1 is 1.10 bits per heavy atom. The van der Waals surface area contributed by atoms with E-state index in [0.717, 1.165) is 12.8 Å². The molecule has 0 heterocycles. The number of rotatable bonds is 11. The van der Waals surface area contributed by atoms with Gasteiger partial charge in [0, 0.05) is 12.6 Å². The highest BCUT2D eigenvalue weighted by molar-refractivity contribution is 7.89. The van der Waals surface area contributed by atoms with Gasteiger partial charge in [0.15, 0.2) is 0 Å². The molecule has 0 spiro atoms. The van der Waals surface area contributed by atoms with Crippen LogP contribution in [0.25, 0.3) is 0 Å². The number of methoxy groups -OCH3 is 1. The van der Waals surface area contributed by atoms with E-state index in [-0.39, 0.29) is 29.7 Å². The molecule has 30 heavy (non-hydrogen) atoms. The van der Waals surface area contributed by atoms with Crippen molar-refractivity contribution >= 4 is 15.9 Å². The Morgan fingerprint density at radius 3 is 2.40 bits per heavy atom. The normalized spacial score (nSPS) is 11.4. The van der Waals surface area contributed by atoms with Gasteiger partial charge in [0.1, 0.15) is 18.1 Å². The molecule has 0 bridgehead atoms. The summed E-state index contributed by atoms with van der Waals surface area (Å²) in [7, 11) is -2.37. The number of carbonyl (C=O) groups is 1. The molecule has 8 heteroatoms. The number of amides is 1. The average molecular weight is 435 g/mol. The molecule has 0 aliphatic carbocycles. The molecule has 2 rings (SSSR count). The van der Waals surface area contributed by atoms with E-state index in [4.69, 9.17) is 9.47 Å². The van der Waals surface area contributed by atoms with Crippen LogP contribution >= 0.6 is 0 Å². The minimum atomic E-state index is -3.80. The summed E-state index contributed by atoms with van der Waals surface area (Å²) in [5.74, 6) is 0.599. The molecule has 0 aromatic heterocycles. The highest BCUT2D eigenvalue weighted by Gasteiger charge is 2.20. The predicted octanol–water partition coefficient (Wildman–Crippen LogP) is 3.14. The van der Waals surface area contributed by atoms with Gasteiger partial charge in [-0.05, 0) is 56.2 Å². The van der Waals surface area contributed by atoms with Crippen molar-refractivity contribution in [1.82, 2.24) is 10.0 Å². The molecular formula is C22H30N2O5S. The lowest BCUT2D eigenvalue weighted by Crippen LogP contribution is -2.31. The Bertz CT molecular complexity index is 941. The molecule has 0 saturated heterocycles. The minimum absolute atomic E-state index is 0.0128. The minimum Gasteiger partial charge on any atom is -0.496 e. The molecule has 164 valence electrons. The number of nitrogens with one attached hydrogen (secondary N) is 2. The maximum Gasteiger partial charge on any atom is 0.255 e. The van der Waals surface area contributed by atoms with Crippen LogP contribution in [0.3, 0.4) is 0 Å². The van der Waals surface area contributed by atoms with Gasteiger partial charge in [0.2, 0.25) is 10.0 Å². The third-order valence-electron chi connectivity index (χ3n) is 4.27. The lowest BCUT2D eigenvalue weighted by atomic mass is 10.1. The van der Waals surface area contributed by atoms with Gasteiger partial charge in [-0.1, -0.05) is 25.5 Å². The van der Waals surface area contributed by atoms with E-state index in [1.807, 2.05) is 38.1 Å². The van der Waals surface area contributed by atoms with E-state index in [9.17, 15) is 13.2 Å². The van der Waals surface area contributed by atoms with Crippen LogP contribution in [0.15, 0.2) is 47.4 Å².